The number of hydrogen-bond acceptors (Lipinski definition) is 2. The zero-order chi connectivity index (χ0) is 11.3. The first-order chi connectivity index (χ1) is 7.09. The van der Waals surface area contributed by atoms with Gasteiger partial charge < -0.3 is 10.1 Å². The van der Waals surface area contributed by atoms with Crippen LogP contribution in [0.25, 0.3) is 0 Å². The van der Waals surface area contributed by atoms with E-state index in [-0.39, 0.29) is 0 Å². The fourth-order valence-electron chi connectivity index (χ4n) is 1.73. The summed E-state index contributed by atoms with van der Waals surface area (Å²) < 4.78 is 5.62. The molecular weight excluding hydrogens is 186 g/mol. The third-order valence-electron chi connectivity index (χ3n) is 3.13. The summed E-state index contributed by atoms with van der Waals surface area (Å²) >= 11 is 0. The van der Waals surface area contributed by atoms with Gasteiger partial charge >= 0.3 is 0 Å². The summed E-state index contributed by atoms with van der Waals surface area (Å²) in [4.78, 5) is 0. The average Bonchev–Trinajstić information content (AvgIpc) is 2.93. The highest BCUT2D eigenvalue weighted by atomic mass is 16.5. The molecule has 0 aromatic heterocycles. The lowest BCUT2D eigenvalue weighted by molar-refractivity contribution is 0.0638. The molecule has 0 radical (unpaired) electrons. The predicted molar refractivity (Wildman–Crippen MR) is 65.1 cm³/mol. The van der Waals surface area contributed by atoms with Gasteiger partial charge in [-0.15, -0.1) is 0 Å². The lowest BCUT2D eigenvalue weighted by atomic mass is 9.93. The van der Waals surface area contributed by atoms with E-state index in [1.54, 1.807) is 0 Å². The van der Waals surface area contributed by atoms with Crippen molar-refractivity contribution < 1.29 is 4.74 Å². The van der Waals surface area contributed by atoms with Crippen LogP contribution in [-0.2, 0) is 4.74 Å². The fraction of sp³-hybridized carbons (Fsp3) is 1.00. The van der Waals surface area contributed by atoms with Crippen LogP contribution >= 0.6 is 0 Å². The van der Waals surface area contributed by atoms with Crippen molar-refractivity contribution in [2.24, 2.45) is 11.8 Å². The van der Waals surface area contributed by atoms with Crippen molar-refractivity contribution in [3.05, 3.63) is 0 Å². The summed E-state index contributed by atoms with van der Waals surface area (Å²) in [7, 11) is 0. The van der Waals surface area contributed by atoms with E-state index in [1.807, 2.05) is 0 Å². The molecule has 0 aliphatic heterocycles. The normalized spacial score (nSPS) is 18.8. The molecule has 1 rings (SSSR count). The summed E-state index contributed by atoms with van der Waals surface area (Å²) in [5, 5.41) is 3.62. The number of nitrogens with one attached hydrogen (secondary N) is 1. The van der Waals surface area contributed by atoms with Gasteiger partial charge in [-0.25, -0.2) is 0 Å². The molecule has 1 N–H and O–H groups in total. The minimum absolute atomic E-state index is 0.370. The average molecular weight is 213 g/mol. The number of rotatable bonds is 8. The highest BCUT2D eigenvalue weighted by Crippen LogP contribution is 2.21. The Labute approximate surface area is 94.8 Å². The molecule has 0 aromatic carbocycles. The Bertz CT molecular complexity index is 164. The van der Waals surface area contributed by atoms with Gasteiger partial charge in [-0.05, 0) is 51.5 Å². The molecule has 1 saturated carbocycles. The second kappa shape index (κ2) is 6.49. The summed E-state index contributed by atoms with van der Waals surface area (Å²) in [5.41, 5.74) is 0. The van der Waals surface area contributed by atoms with Crippen LogP contribution in [0.1, 0.15) is 47.0 Å². The van der Waals surface area contributed by atoms with Crippen LogP contribution in [-0.4, -0.2) is 25.3 Å². The maximum atomic E-state index is 5.62. The standard InChI is InChI=1S/C13H27NO/c1-10(2)12(7-8-15-11(3)4)9-14-13-5-6-13/h10-14H,5-9H2,1-4H3. The molecule has 15 heavy (non-hydrogen) atoms. The first-order valence-electron chi connectivity index (χ1n) is 6.44. The van der Waals surface area contributed by atoms with Gasteiger partial charge in [0.15, 0.2) is 0 Å². The highest BCUT2D eigenvalue weighted by Gasteiger charge is 2.22. The maximum Gasteiger partial charge on any atom is 0.0518 e. The van der Waals surface area contributed by atoms with Gasteiger partial charge in [0.25, 0.3) is 0 Å². The van der Waals surface area contributed by atoms with Crippen molar-refractivity contribution in [3.63, 3.8) is 0 Å². The van der Waals surface area contributed by atoms with Crippen molar-refractivity contribution in [1.82, 2.24) is 5.32 Å². The minimum atomic E-state index is 0.370. The molecule has 2 heteroatoms. The summed E-state index contributed by atoms with van der Waals surface area (Å²) in [6, 6.07) is 0.831. The summed E-state index contributed by atoms with van der Waals surface area (Å²) in [6.07, 6.45) is 4.32. The fourth-order valence-corrected chi connectivity index (χ4v) is 1.73. The van der Waals surface area contributed by atoms with Crippen molar-refractivity contribution in [2.75, 3.05) is 13.2 Å². The smallest absolute Gasteiger partial charge is 0.0518 e. The van der Waals surface area contributed by atoms with Crippen molar-refractivity contribution in [2.45, 2.75) is 59.1 Å². The van der Waals surface area contributed by atoms with Crippen LogP contribution in [0.15, 0.2) is 0 Å². The molecule has 90 valence electrons. The van der Waals surface area contributed by atoms with E-state index in [2.05, 4.69) is 33.0 Å². The first-order valence-corrected chi connectivity index (χ1v) is 6.44. The molecule has 0 spiro atoms. The molecule has 1 fully saturated rings. The molecule has 1 aliphatic rings. The number of ether oxygens (including phenoxy) is 1. The van der Waals surface area contributed by atoms with Crippen LogP contribution in [0, 0.1) is 11.8 Å². The molecule has 0 amide bonds. The molecule has 1 unspecified atom stereocenters. The molecule has 0 heterocycles. The Morgan fingerprint density at radius 1 is 1.20 bits per heavy atom. The van der Waals surface area contributed by atoms with E-state index in [0.717, 1.165) is 24.5 Å². The van der Waals surface area contributed by atoms with E-state index < -0.39 is 0 Å². The molecular formula is C13H27NO. The van der Waals surface area contributed by atoms with Crippen LogP contribution in [0.2, 0.25) is 0 Å². The zero-order valence-corrected chi connectivity index (χ0v) is 10.8. The third kappa shape index (κ3) is 6.16. The van der Waals surface area contributed by atoms with Gasteiger partial charge in [0, 0.05) is 12.6 Å². The van der Waals surface area contributed by atoms with E-state index in [1.165, 1.54) is 25.8 Å². The molecule has 1 atom stereocenters. The third-order valence-corrected chi connectivity index (χ3v) is 3.13. The summed E-state index contributed by atoms with van der Waals surface area (Å²) in [5.74, 6) is 1.52. The monoisotopic (exact) mass is 213 g/mol. The van der Waals surface area contributed by atoms with Gasteiger partial charge in [-0.2, -0.15) is 0 Å². The van der Waals surface area contributed by atoms with Crippen molar-refractivity contribution in [3.8, 4) is 0 Å². The van der Waals surface area contributed by atoms with E-state index in [9.17, 15) is 0 Å². The Morgan fingerprint density at radius 2 is 1.87 bits per heavy atom. The molecule has 0 aromatic rings. The Kier molecular flexibility index (Phi) is 5.62. The zero-order valence-electron chi connectivity index (χ0n) is 10.8. The van der Waals surface area contributed by atoms with Crippen molar-refractivity contribution >= 4 is 0 Å². The van der Waals surface area contributed by atoms with Crippen LogP contribution in [0.4, 0.5) is 0 Å². The minimum Gasteiger partial charge on any atom is -0.379 e. The lowest BCUT2D eigenvalue weighted by Gasteiger charge is -2.22. The molecule has 0 saturated heterocycles. The van der Waals surface area contributed by atoms with Gasteiger partial charge in [-0.3, -0.25) is 0 Å². The van der Waals surface area contributed by atoms with Gasteiger partial charge in [0.05, 0.1) is 6.10 Å². The van der Waals surface area contributed by atoms with Crippen LogP contribution < -0.4 is 5.32 Å². The Hall–Kier alpha value is -0.0800. The Balaban J connectivity index is 2.11. The van der Waals surface area contributed by atoms with Crippen LogP contribution in [0.5, 0.6) is 0 Å². The van der Waals surface area contributed by atoms with E-state index >= 15 is 0 Å². The second-order valence-corrected chi connectivity index (χ2v) is 5.39. The highest BCUT2D eigenvalue weighted by molar-refractivity contribution is 4.82. The van der Waals surface area contributed by atoms with E-state index in [4.69, 9.17) is 4.74 Å². The van der Waals surface area contributed by atoms with Crippen molar-refractivity contribution in [1.29, 1.82) is 0 Å². The lowest BCUT2D eigenvalue weighted by Crippen LogP contribution is -2.29. The van der Waals surface area contributed by atoms with Crippen LogP contribution in [0.3, 0.4) is 0 Å². The maximum absolute atomic E-state index is 5.62. The molecule has 0 bridgehead atoms. The van der Waals surface area contributed by atoms with Gasteiger partial charge in [0.1, 0.15) is 0 Å². The van der Waals surface area contributed by atoms with Gasteiger partial charge in [0.2, 0.25) is 0 Å². The second-order valence-electron chi connectivity index (χ2n) is 5.39. The largest absolute Gasteiger partial charge is 0.379 e. The van der Waals surface area contributed by atoms with Gasteiger partial charge in [-0.1, -0.05) is 13.8 Å². The van der Waals surface area contributed by atoms with E-state index in [0.29, 0.717) is 6.10 Å². The topological polar surface area (TPSA) is 21.3 Å². The SMILES string of the molecule is CC(C)OCCC(CNC1CC1)C(C)C. The first kappa shape index (κ1) is 13.0. The Morgan fingerprint density at radius 3 is 2.33 bits per heavy atom. The molecule has 1 aliphatic carbocycles. The summed E-state index contributed by atoms with van der Waals surface area (Å²) in [6.45, 7) is 10.9. The molecule has 2 nitrogen and oxygen atoms in total. The quantitative estimate of drug-likeness (QED) is 0.669. The predicted octanol–water partition coefficient (Wildman–Crippen LogP) is 2.83. The number of hydrogen-bond donors (Lipinski definition) is 1.